The first-order valence-electron chi connectivity index (χ1n) is 6.58. The molecule has 0 radical (unpaired) electrons. The third kappa shape index (κ3) is 3.70. The Hall–Kier alpha value is -1.13. The highest BCUT2D eigenvalue weighted by Gasteiger charge is 2.14. The minimum Gasteiger partial charge on any atom is -0.349 e. The van der Waals surface area contributed by atoms with Gasteiger partial charge in [0, 0.05) is 32.3 Å². The van der Waals surface area contributed by atoms with E-state index in [-0.39, 0.29) is 11.9 Å². The second-order valence-corrected chi connectivity index (χ2v) is 7.23. The molecule has 1 aromatic carbocycles. The molecule has 0 aliphatic carbocycles. The molecule has 106 valence electrons. The lowest BCUT2D eigenvalue weighted by molar-refractivity contribution is 0.0939. The van der Waals surface area contributed by atoms with Gasteiger partial charge in [0.1, 0.15) is 0 Å². The van der Waals surface area contributed by atoms with E-state index in [1.807, 2.05) is 32.0 Å². The number of hydrogen-bond acceptors (Lipinski definition) is 2. The van der Waals surface area contributed by atoms with Crippen molar-refractivity contribution in [3.05, 3.63) is 55.7 Å². The third-order valence-corrected chi connectivity index (χ3v) is 5.08. The molecule has 0 aliphatic rings. The van der Waals surface area contributed by atoms with Gasteiger partial charge in [-0.2, -0.15) is 0 Å². The summed E-state index contributed by atoms with van der Waals surface area (Å²) in [7, 11) is 0. The molecule has 1 atom stereocenters. The molecule has 1 unspecified atom stereocenters. The van der Waals surface area contributed by atoms with Crippen molar-refractivity contribution >= 4 is 33.2 Å². The quantitative estimate of drug-likeness (QED) is 0.863. The Bertz CT molecular complexity index is 621. The summed E-state index contributed by atoms with van der Waals surface area (Å²) in [5.74, 6) is -0.00965. The van der Waals surface area contributed by atoms with Crippen molar-refractivity contribution in [1.29, 1.82) is 0 Å². The summed E-state index contributed by atoms with van der Waals surface area (Å²) in [6, 6.07) is 10.1. The molecular formula is C16H18BrNOS. The molecule has 0 saturated heterocycles. The standard InChI is InChI=1S/C16H18BrNOS/c1-10(9-13-8-7-11(2)20-13)18-16(19)14-5-4-6-15(17)12(14)3/h4-8,10H,9H2,1-3H3,(H,18,19). The minimum absolute atomic E-state index is 0.00965. The first-order valence-corrected chi connectivity index (χ1v) is 8.19. The van der Waals surface area contributed by atoms with Crippen LogP contribution in [0.1, 0.15) is 32.6 Å². The molecule has 1 N–H and O–H groups in total. The van der Waals surface area contributed by atoms with Crippen LogP contribution in [0, 0.1) is 13.8 Å². The van der Waals surface area contributed by atoms with Gasteiger partial charge in [-0.25, -0.2) is 0 Å². The number of rotatable bonds is 4. The largest absolute Gasteiger partial charge is 0.349 e. The van der Waals surface area contributed by atoms with Crippen LogP contribution in [-0.4, -0.2) is 11.9 Å². The van der Waals surface area contributed by atoms with E-state index in [1.165, 1.54) is 9.75 Å². The van der Waals surface area contributed by atoms with Gasteiger partial charge in [-0.3, -0.25) is 4.79 Å². The smallest absolute Gasteiger partial charge is 0.251 e. The Kier molecular flexibility index (Phi) is 5.00. The summed E-state index contributed by atoms with van der Waals surface area (Å²) in [6.07, 6.45) is 0.872. The molecule has 0 bridgehead atoms. The van der Waals surface area contributed by atoms with Gasteiger partial charge in [-0.1, -0.05) is 22.0 Å². The minimum atomic E-state index is -0.00965. The van der Waals surface area contributed by atoms with Crippen molar-refractivity contribution in [2.24, 2.45) is 0 Å². The summed E-state index contributed by atoms with van der Waals surface area (Å²) >= 11 is 5.24. The van der Waals surface area contributed by atoms with Crippen LogP contribution in [0.5, 0.6) is 0 Å². The number of aryl methyl sites for hydroxylation is 1. The van der Waals surface area contributed by atoms with Gasteiger partial charge in [-0.15, -0.1) is 11.3 Å². The van der Waals surface area contributed by atoms with Gasteiger partial charge in [-0.05, 0) is 50.6 Å². The van der Waals surface area contributed by atoms with Crippen LogP contribution < -0.4 is 5.32 Å². The van der Waals surface area contributed by atoms with Gasteiger partial charge in [0.25, 0.3) is 5.91 Å². The molecule has 1 heterocycles. The zero-order chi connectivity index (χ0) is 14.7. The topological polar surface area (TPSA) is 29.1 Å². The normalized spacial score (nSPS) is 12.2. The van der Waals surface area contributed by atoms with Crippen LogP contribution in [0.25, 0.3) is 0 Å². The molecule has 1 amide bonds. The summed E-state index contributed by atoms with van der Waals surface area (Å²) < 4.78 is 0.965. The SMILES string of the molecule is Cc1ccc(CC(C)NC(=O)c2cccc(Br)c2C)s1. The number of carbonyl (C=O) groups is 1. The van der Waals surface area contributed by atoms with Gasteiger partial charge in [0.05, 0.1) is 0 Å². The van der Waals surface area contributed by atoms with Crippen LogP contribution in [-0.2, 0) is 6.42 Å². The summed E-state index contributed by atoms with van der Waals surface area (Å²) in [6.45, 7) is 6.09. The van der Waals surface area contributed by atoms with E-state index in [0.717, 1.165) is 22.0 Å². The number of halogens is 1. The summed E-state index contributed by atoms with van der Waals surface area (Å²) in [5, 5.41) is 3.07. The van der Waals surface area contributed by atoms with E-state index in [2.05, 4.69) is 40.3 Å². The van der Waals surface area contributed by atoms with Crippen LogP contribution >= 0.6 is 27.3 Å². The Balaban J connectivity index is 2.02. The maximum Gasteiger partial charge on any atom is 0.251 e. The first-order chi connectivity index (χ1) is 9.47. The van der Waals surface area contributed by atoms with Crippen molar-refractivity contribution < 1.29 is 4.79 Å². The van der Waals surface area contributed by atoms with Gasteiger partial charge >= 0.3 is 0 Å². The monoisotopic (exact) mass is 351 g/mol. The number of carbonyl (C=O) groups excluding carboxylic acids is 1. The zero-order valence-corrected chi connectivity index (χ0v) is 14.3. The molecule has 2 aromatic rings. The molecule has 0 saturated carbocycles. The zero-order valence-electron chi connectivity index (χ0n) is 11.9. The second kappa shape index (κ2) is 6.55. The van der Waals surface area contributed by atoms with E-state index in [1.54, 1.807) is 11.3 Å². The summed E-state index contributed by atoms with van der Waals surface area (Å²) in [4.78, 5) is 14.9. The van der Waals surface area contributed by atoms with Crippen LogP contribution in [0.15, 0.2) is 34.8 Å². The molecule has 1 aromatic heterocycles. The third-order valence-electron chi connectivity index (χ3n) is 3.19. The first kappa shape index (κ1) is 15.3. The Morgan fingerprint density at radius 2 is 2.05 bits per heavy atom. The molecule has 2 rings (SSSR count). The molecule has 0 spiro atoms. The van der Waals surface area contributed by atoms with E-state index >= 15 is 0 Å². The lowest BCUT2D eigenvalue weighted by Gasteiger charge is -2.14. The Morgan fingerprint density at radius 3 is 2.70 bits per heavy atom. The number of nitrogens with one attached hydrogen (secondary N) is 1. The molecule has 20 heavy (non-hydrogen) atoms. The van der Waals surface area contributed by atoms with Crippen LogP contribution in [0.4, 0.5) is 0 Å². The fourth-order valence-electron chi connectivity index (χ4n) is 2.10. The van der Waals surface area contributed by atoms with Crippen molar-refractivity contribution in [3.63, 3.8) is 0 Å². The molecular weight excluding hydrogens is 334 g/mol. The van der Waals surface area contributed by atoms with E-state index in [4.69, 9.17) is 0 Å². The summed E-state index contributed by atoms with van der Waals surface area (Å²) in [5.41, 5.74) is 1.71. The fraction of sp³-hybridized carbons (Fsp3) is 0.312. The van der Waals surface area contributed by atoms with Crippen molar-refractivity contribution in [2.75, 3.05) is 0 Å². The maximum atomic E-state index is 12.3. The van der Waals surface area contributed by atoms with Crippen molar-refractivity contribution in [1.82, 2.24) is 5.32 Å². The highest BCUT2D eigenvalue weighted by atomic mass is 79.9. The number of amides is 1. The van der Waals surface area contributed by atoms with Gasteiger partial charge in [0.2, 0.25) is 0 Å². The molecule has 2 nitrogen and oxygen atoms in total. The van der Waals surface area contributed by atoms with Crippen LogP contribution in [0.3, 0.4) is 0 Å². The number of benzene rings is 1. The van der Waals surface area contributed by atoms with Crippen molar-refractivity contribution in [3.8, 4) is 0 Å². The number of hydrogen-bond donors (Lipinski definition) is 1. The predicted octanol–water partition coefficient (Wildman–Crippen LogP) is 4.49. The van der Waals surface area contributed by atoms with Crippen molar-refractivity contribution in [2.45, 2.75) is 33.2 Å². The number of thiophene rings is 1. The lowest BCUT2D eigenvalue weighted by Crippen LogP contribution is -2.34. The van der Waals surface area contributed by atoms with E-state index in [9.17, 15) is 4.79 Å². The maximum absolute atomic E-state index is 12.3. The Morgan fingerprint density at radius 1 is 1.30 bits per heavy atom. The molecule has 0 aliphatic heterocycles. The van der Waals surface area contributed by atoms with E-state index in [0.29, 0.717) is 0 Å². The van der Waals surface area contributed by atoms with E-state index < -0.39 is 0 Å². The van der Waals surface area contributed by atoms with Crippen LogP contribution in [0.2, 0.25) is 0 Å². The highest BCUT2D eigenvalue weighted by Crippen LogP contribution is 2.20. The van der Waals surface area contributed by atoms with Gasteiger partial charge < -0.3 is 5.32 Å². The molecule has 4 heteroatoms. The Labute approximate surface area is 132 Å². The average molecular weight is 352 g/mol. The average Bonchev–Trinajstić information content (AvgIpc) is 2.77. The second-order valence-electron chi connectivity index (χ2n) is 5.00. The highest BCUT2D eigenvalue weighted by molar-refractivity contribution is 9.10. The predicted molar refractivity (Wildman–Crippen MR) is 88.6 cm³/mol. The molecule has 0 fully saturated rings. The fourth-order valence-corrected chi connectivity index (χ4v) is 3.49. The lowest BCUT2D eigenvalue weighted by atomic mass is 10.1. The van der Waals surface area contributed by atoms with Gasteiger partial charge in [0.15, 0.2) is 0 Å².